The summed E-state index contributed by atoms with van der Waals surface area (Å²) in [6.45, 7) is 0. The molecular weight excluding hydrogens is 577 g/mol. The molecule has 11 rings (SSSR count). The maximum atomic E-state index is 2.70. The third-order valence-electron chi connectivity index (χ3n) is 15.1. The number of rotatable bonds is 2. The first-order valence-electron chi connectivity index (χ1n) is 19.6. The van der Waals surface area contributed by atoms with Crippen LogP contribution in [0.25, 0.3) is 43.1 Å². The molecule has 3 saturated carbocycles. The van der Waals surface area contributed by atoms with Crippen molar-refractivity contribution in [2.45, 2.75) is 94.8 Å². The summed E-state index contributed by atoms with van der Waals surface area (Å²) in [5.74, 6) is 5.11. The minimum Gasteiger partial charge on any atom is -0.0616 e. The summed E-state index contributed by atoms with van der Waals surface area (Å²) in [7, 11) is 0. The van der Waals surface area contributed by atoms with E-state index in [-0.39, 0.29) is 5.41 Å². The highest BCUT2D eigenvalue weighted by Crippen LogP contribution is 2.65. The highest BCUT2D eigenvalue weighted by Gasteiger charge is 2.56. The molecule has 0 heteroatoms. The van der Waals surface area contributed by atoms with Crippen LogP contribution in [0.4, 0.5) is 0 Å². The van der Waals surface area contributed by atoms with Crippen molar-refractivity contribution in [3.05, 3.63) is 119 Å². The van der Waals surface area contributed by atoms with E-state index >= 15 is 0 Å². The lowest BCUT2D eigenvalue weighted by Crippen LogP contribution is -2.52. The van der Waals surface area contributed by atoms with Crippen LogP contribution in [0.2, 0.25) is 0 Å². The van der Waals surface area contributed by atoms with Crippen LogP contribution in [0.15, 0.2) is 97.1 Å². The summed E-state index contributed by atoms with van der Waals surface area (Å²) in [6.07, 6.45) is 18.5. The van der Waals surface area contributed by atoms with Crippen molar-refractivity contribution in [3.63, 3.8) is 0 Å². The fraction of sp³-hybridized carbons (Fsp3) is 0.417. The van der Waals surface area contributed by atoms with E-state index in [0.29, 0.717) is 5.92 Å². The molecule has 0 amide bonds. The predicted molar refractivity (Wildman–Crippen MR) is 203 cm³/mol. The molecule has 0 bridgehead atoms. The van der Waals surface area contributed by atoms with Gasteiger partial charge in [-0.15, -0.1) is 0 Å². The molecule has 48 heavy (non-hydrogen) atoms. The number of aryl methyl sites for hydroxylation is 1. The molecule has 5 aliphatic rings. The molecule has 0 nitrogen and oxygen atoms in total. The van der Waals surface area contributed by atoms with Crippen LogP contribution < -0.4 is 0 Å². The van der Waals surface area contributed by atoms with Gasteiger partial charge in [-0.05, 0) is 152 Å². The Hall–Kier alpha value is -3.64. The Kier molecular flexibility index (Phi) is 6.28. The molecule has 0 aromatic heterocycles. The van der Waals surface area contributed by atoms with E-state index in [1.165, 1.54) is 121 Å². The highest BCUT2D eigenvalue weighted by atomic mass is 14.6. The zero-order valence-corrected chi connectivity index (χ0v) is 28.4. The molecule has 0 spiro atoms. The minimum atomic E-state index is 0.175. The van der Waals surface area contributed by atoms with Crippen LogP contribution in [-0.4, -0.2) is 0 Å². The fourth-order valence-electron chi connectivity index (χ4n) is 13.4. The van der Waals surface area contributed by atoms with E-state index in [0.717, 1.165) is 29.6 Å². The second kappa shape index (κ2) is 10.7. The molecule has 5 aliphatic carbocycles. The number of fused-ring (bicyclic) bond motifs is 9. The van der Waals surface area contributed by atoms with E-state index in [1.54, 1.807) is 27.6 Å². The Bertz CT molecular complexity index is 2240. The number of hydrogen-bond donors (Lipinski definition) is 0. The van der Waals surface area contributed by atoms with E-state index in [2.05, 4.69) is 97.1 Å². The van der Waals surface area contributed by atoms with E-state index in [4.69, 9.17) is 0 Å². The predicted octanol–water partition coefficient (Wildman–Crippen LogP) is 12.8. The maximum Gasteiger partial charge on any atom is 0.00592 e. The molecule has 0 heterocycles. The summed E-state index contributed by atoms with van der Waals surface area (Å²) in [5, 5.41) is 11.8. The molecule has 6 aromatic carbocycles. The Balaban J connectivity index is 1.18. The minimum absolute atomic E-state index is 0.175. The topological polar surface area (TPSA) is 0 Å². The average molecular weight is 625 g/mol. The summed E-state index contributed by atoms with van der Waals surface area (Å²) >= 11 is 0. The van der Waals surface area contributed by atoms with Crippen molar-refractivity contribution < 1.29 is 0 Å². The molecule has 0 saturated heterocycles. The summed E-state index contributed by atoms with van der Waals surface area (Å²) in [5.41, 5.74) is 6.95. The molecule has 7 unspecified atom stereocenters. The Morgan fingerprint density at radius 2 is 1.31 bits per heavy atom. The summed E-state index contributed by atoms with van der Waals surface area (Å²) < 4.78 is 0. The van der Waals surface area contributed by atoms with Crippen LogP contribution in [0.1, 0.15) is 98.8 Å². The fourth-order valence-corrected chi connectivity index (χ4v) is 13.4. The van der Waals surface area contributed by atoms with Crippen LogP contribution in [0, 0.1) is 29.6 Å². The van der Waals surface area contributed by atoms with Crippen molar-refractivity contribution >= 4 is 43.1 Å². The lowest BCUT2D eigenvalue weighted by Gasteiger charge is -2.58. The highest BCUT2D eigenvalue weighted by molar-refractivity contribution is 6.09. The molecule has 0 aliphatic heterocycles. The lowest BCUT2D eigenvalue weighted by atomic mass is 9.46. The summed E-state index contributed by atoms with van der Waals surface area (Å²) in [6, 6.07) is 38.4. The SMILES string of the molecule is c1ccc2c3c4c(cccc4cc2c1)CC3C1(C2CCCC3CC4CCCCC4CC32)CCCc2c1ccc1c2ccc2ccccc21. The first-order valence-corrected chi connectivity index (χ1v) is 19.6. The molecule has 0 radical (unpaired) electrons. The van der Waals surface area contributed by atoms with Crippen LogP contribution in [0.5, 0.6) is 0 Å². The zero-order valence-electron chi connectivity index (χ0n) is 28.4. The third-order valence-corrected chi connectivity index (χ3v) is 15.1. The van der Waals surface area contributed by atoms with Gasteiger partial charge in [-0.2, -0.15) is 0 Å². The van der Waals surface area contributed by atoms with Gasteiger partial charge in [-0.1, -0.05) is 130 Å². The van der Waals surface area contributed by atoms with Gasteiger partial charge in [0.25, 0.3) is 0 Å². The van der Waals surface area contributed by atoms with Crippen LogP contribution in [-0.2, 0) is 18.3 Å². The van der Waals surface area contributed by atoms with Crippen molar-refractivity contribution in [2.24, 2.45) is 29.6 Å². The number of hydrogen-bond acceptors (Lipinski definition) is 0. The van der Waals surface area contributed by atoms with Gasteiger partial charge >= 0.3 is 0 Å². The monoisotopic (exact) mass is 624 g/mol. The van der Waals surface area contributed by atoms with Gasteiger partial charge in [0.05, 0.1) is 0 Å². The molecule has 7 atom stereocenters. The average Bonchev–Trinajstić information content (AvgIpc) is 3.55. The van der Waals surface area contributed by atoms with Gasteiger partial charge in [-0.25, -0.2) is 0 Å². The Morgan fingerprint density at radius 1 is 0.542 bits per heavy atom. The molecular formula is C48H48. The van der Waals surface area contributed by atoms with Crippen molar-refractivity contribution in [2.75, 3.05) is 0 Å². The van der Waals surface area contributed by atoms with Crippen molar-refractivity contribution in [3.8, 4) is 0 Å². The first kappa shape index (κ1) is 28.2. The Labute approximate surface area is 285 Å². The zero-order chi connectivity index (χ0) is 31.4. The van der Waals surface area contributed by atoms with Crippen molar-refractivity contribution in [1.29, 1.82) is 0 Å². The van der Waals surface area contributed by atoms with Crippen LogP contribution in [0.3, 0.4) is 0 Å². The van der Waals surface area contributed by atoms with E-state index in [9.17, 15) is 0 Å². The van der Waals surface area contributed by atoms with E-state index < -0.39 is 0 Å². The molecule has 240 valence electrons. The lowest BCUT2D eigenvalue weighted by molar-refractivity contribution is -0.0241. The largest absolute Gasteiger partial charge is 0.0616 e. The van der Waals surface area contributed by atoms with Gasteiger partial charge in [0.1, 0.15) is 0 Å². The van der Waals surface area contributed by atoms with E-state index in [1.807, 2.05) is 0 Å². The second-order valence-corrected chi connectivity index (χ2v) is 16.9. The smallest absolute Gasteiger partial charge is 0.00592 e. The van der Waals surface area contributed by atoms with Crippen LogP contribution >= 0.6 is 0 Å². The first-order chi connectivity index (χ1) is 23.8. The third kappa shape index (κ3) is 3.90. The molecule has 0 N–H and O–H groups in total. The quantitative estimate of drug-likeness (QED) is 0.133. The van der Waals surface area contributed by atoms with Gasteiger partial charge in [0, 0.05) is 5.41 Å². The van der Waals surface area contributed by atoms with Gasteiger partial charge in [0.2, 0.25) is 0 Å². The van der Waals surface area contributed by atoms with Gasteiger partial charge in [0.15, 0.2) is 0 Å². The number of benzene rings is 6. The van der Waals surface area contributed by atoms with Gasteiger partial charge in [-0.3, -0.25) is 0 Å². The normalized spacial score (nSPS) is 31.2. The standard InChI is InChI=1S/C48H48/c1-2-12-32-28-42-34(26-31(32)11-1)14-8-20-43(42)48(45-29-36-16-7-15-35-27-33-13-4-6-18-38(33)47(45)46(35)36)25-9-19-41-40-22-21-30-10-3-5-17-37(30)39(40)23-24-44(41)48/h3-7,10,13,15-18,21-24,27,31-32,34,42-43,45H,1-2,8-9,11-12,14,19-20,25-26,28-29H2. The molecule has 3 fully saturated rings. The molecule has 6 aromatic rings. The Morgan fingerprint density at radius 3 is 2.23 bits per heavy atom. The second-order valence-electron chi connectivity index (χ2n) is 16.9. The van der Waals surface area contributed by atoms with Crippen molar-refractivity contribution in [1.82, 2.24) is 0 Å². The maximum absolute atomic E-state index is 2.70. The van der Waals surface area contributed by atoms with Gasteiger partial charge < -0.3 is 0 Å². The summed E-state index contributed by atoms with van der Waals surface area (Å²) in [4.78, 5) is 0.